The standard InChI is InChI=1S/C11H10F2O2S/c12-8-2-1-7(5-9(8)13)11(14)10-6-16-4-3-15-10/h1-2,5,10H,3-4,6H2. The fraction of sp³-hybridized carbons (Fsp3) is 0.364. The molecule has 1 unspecified atom stereocenters. The van der Waals surface area contributed by atoms with Gasteiger partial charge in [0.2, 0.25) is 0 Å². The number of thioether (sulfide) groups is 1. The number of ether oxygens (including phenoxy) is 1. The summed E-state index contributed by atoms with van der Waals surface area (Å²) in [5.41, 5.74) is 0.159. The van der Waals surface area contributed by atoms with Crippen molar-refractivity contribution in [3.63, 3.8) is 0 Å². The van der Waals surface area contributed by atoms with Crippen LogP contribution in [0.2, 0.25) is 0 Å². The molecule has 5 heteroatoms. The summed E-state index contributed by atoms with van der Waals surface area (Å²) in [7, 11) is 0. The summed E-state index contributed by atoms with van der Waals surface area (Å²) in [5.74, 6) is -0.810. The Morgan fingerprint density at radius 3 is 2.81 bits per heavy atom. The lowest BCUT2D eigenvalue weighted by atomic mass is 10.1. The SMILES string of the molecule is O=C(c1ccc(F)c(F)c1)C1CSCCO1. The minimum absolute atomic E-state index is 0.159. The molecule has 2 nitrogen and oxygen atoms in total. The molecule has 0 spiro atoms. The summed E-state index contributed by atoms with van der Waals surface area (Å²) in [4.78, 5) is 11.8. The molecule has 0 aliphatic carbocycles. The summed E-state index contributed by atoms with van der Waals surface area (Å²) in [6, 6.07) is 3.15. The van der Waals surface area contributed by atoms with Crippen LogP contribution in [-0.4, -0.2) is 30.0 Å². The van der Waals surface area contributed by atoms with E-state index in [4.69, 9.17) is 4.74 Å². The maximum atomic E-state index is 12.9. The van der Waals surface area contributed by atoms with E-state index in [1.807, 2.05) is 0 Å². The first kappa shape index (κ1) is 11.5. The van der Waals surface area contributed by atoms with Crippen molar-refractivity contribution in [1.82, 2.24) is 0 Å². The lowest BCUT2D eigenvalue weighted by molar-refractivity contribution is 0.0518. The first-order valence-corrected chi connectivity index (χ1v) is 6.02. The van der Waals surface area contributed by atoms with Crippen LogP contribution in [0.1, 0.15) is 10.4 Å². The van der Waals surface area contributed by atoms with Crippen molar-refractivity contribution >= 4 is 17.5 Å². The second kappa shape index (κ2) is 4.93. The fourth-order valence-corrected chi connectivity index (χ4v) is 2.32. The molecule has 0 saturated carbocycles. The zero-order valence-electron chi connectivity index (χ0n) is 8.41. The van der Waals surface area contributed by atoms with Gasteiger partial charge in [-0.3, -0.25) is 4.79 Å². The van der Waals surface area contributed by atoms with Gasteiger partial charge in [-0.15, -0.1) is 0 Å². The van der Waals surface area contributed by atoms with Crippen molar-refractivity contribution in [3.8, 4) is 0 Å². The number of hydrogen-bond donors (Lipinski definition) is 0. The maximum Gasteiger partial charge on any atom is 0.192 e. The van der Waals surface area contributed by atoms with Crippen LogP contribution in [0.4, 0.5) is 8.78 Å². The fourth-order valence-electron chi connectivity index (χ4n) is 1.47. The van der Waals surface area contributed by atoms with Gasteiger partial charge in [-0.25, -0.2) is 8.78 Å². The molecule has 16 heavy (non-hydrogen) atoms. The summed E-state index contributed by atoms with van der Waals surface area (Å²) in [5, 5.41) is 0. The molecule has 86 valence electrons. The van der Waals surface area contributed by atoms with E-state index >= 15 is 0 Å². The van der Waals surface area contributed by atoms with Crippen LogP contribution in [-0.2, 0) is 4.74 Å². The minimum atomic E-state index is -1.01. The average molecular weight is 244 g/mol. The highest BCUT2D eigenvalue weighted by Gasteiger charge is 2.24. The van der Waals surface area contributed by atoms with Crippen molar-refractivity contribution < 1.29 is 18.3 Å². The molecule has 1 saturated heterocycles. The van der Waals surface area contributed by atoms with Gasteiger partial charge in [0.1, 0.15) is 6.10 Å². The van der Waals surface area contributed by atoms with Crippen molar-refractivity contribution in [1.29, 1.82) is 0 Å². The van der Waals surface area contributed by atoms with Crippen LogP contribution < -0.4 is 0 Å². The average Bonchev–Trinajstić information content (AvgIpc) is 2.33. The Balaban J connectivity index is 2.16. The predicted molar refractivity (Wildman–Crippen MR) is 57.8 cm³/mol. The van der Waals surface area contributed by atoms with Crippen LogP contribution in [0.15, 0.2) is 18.2 Å². The first-order chi connectivity index (χ1) is 7.68. The van der Waals surface area contributed by atoms with E-state index in [1.54, 1.807) is 11.8 Å². The minimum Gasteiger partial charge on any atom is -0.368 e. The highest BCUT2D eigenvalue weighted by atomic mass is 32.2. The van der Waals surface area contributed by atoms with E-state index in [1.165, 1.54) is 6.07 Å². The van der Waals surface area contributed by atoms with Crippen molar-refractivity contribution in [3.05, 3.63) is 35.4 Å². The number of carbonyl (C=O) groups excluding carboxylic acids is 1. The Bertz CT molecular complexity index is 403. The topological polar surface area (TPSA) is 26.3 Å². The summed E-state index contributed by atoms with van der Waals surface area (Å²) in [6.07, 6.45) is -0.538. The number of carbonyl (C=O) groups is 1. The van der Waals surface area contributed by atoms with E-state index in [0.717, 1.165) is 17.9 Å². The quantitative estimate of drug-likeness (QED) is 0.747. The molecular weight excluding hydrogens is 234 g/mol. The molecule has 1 aliphatic heterocycles. The first-order valence-electron chi connectivity index (χ1n) is 4.87. The monoisotopic (exact) mass is 244 g/mol. The molecule has 2 rings (SSSR count). The van der Waals surface area contributed by atoms with E-state index in [2.05, 4.69) is 0 Å². The number of hydrogen-bond acceptors (Lipinski definition) is 3. The molecule has 1 aromatic rings. The molecule has 0 N–H and O–H groups in total. The van der Waals surface area contributed by atoms with Crippen molar-refractivity contribution in [2.75, 3.05) is 18.1 Å². The maximum absolute atomic E-state index is 12.9. The molecule has 1 aromatic carbocycles. The molecule has 1 aliphatic rings. The summed E-state index contributed by atoms with van der Waals surface area (Å²) < 4.78 is 30.9. The van der Waals surface area contributed by atoms with Crippen LogP contribution in [0, 0.1) is 11.6 Å². The van der Waals surface area contributed by atoms with Gasteiger partial charge in [0.25, 0.3) is 0 Å². The Labute approximate surface area is 96.0 Å². The van der Waals surface area contributed by atoms with Crippen LogP contribution in [0.3, 0.4) is 0 Å². The Morgan fingerprint density at radius 2 is 2.19 bits per heavy atom. The van der Waals surface area contributed by atoms with Gasteiger partial charge < -0.3 is 4.74 Å². The van der Waals surface area contributed by atoms with Crippen LogP contribution in [0.5, 0.6) is 0 Å². The van der Waals surface area contributed by atoms with Gasteiger partial charge in [0, 0.05) is 17.1 Å². The summed E-state index contributed by atoms with van der Waals surface area (Å²) >= 11 is 1.62. The van der Waals surface area contributed by atoms with E-state index in [9.17, 15) is 13.6 Å². The number of ketones is 1. The smallest absolute Gasteiger partial charge is 0.192 e. The molecule has 1 atom stereocenters. The van der Waals surface area contributed by atoms with Crippen molar-refractivity contribution in [2.24, 2.45) is 0 Å². The number of rotatable bonds is 2. The second-order valence-corrected chi connectivity index (χ2v) is 4.58. The van der Waals surface area contributed by atoms with Gasteiger partial charge in [-0.1, -0.05) is 0 Å². The second-order valence-electron chi connectivity index (χ2n) is 3.43. The normalized spacial score (nSPS) is 20.8. The zero-order valence-corrected chi connectivity index (χ0v) is 9.23. The van der Waals surface area contributed by atoms with Gasteiger partial charge in [-0.05, 0) is 18.2 Å². The number of Topliss-reactive ketones (excluding diaryl/α,β-unsaturated/α-hetero) is 1. The van der Waals surface area contributed by atoms with Gasteiger partial charge in [0.15, 0.2) is 17.4 Å². The Hall–Kier alpha value is -0.940. The molecule has 0 amide bonds. The third-order valence-electron chi connectivity index (χ3n) is 2.31. The van der Waals surface area contributed by atoms with Crippen LogP contribution in [0.25, 0.3) is 0 Å². The molecule has 0 aromatic heterocycles. The number of benzene rings is 1. The zero-order chi connectivity index (χ0) is 11.5. The lowest BCUT2D eigenvalue weighted by Crippen LogP contribution is -2.31. The van der Waals surface area contributed by atoms with E-state index in [0.29, 0.717) is 12.4 Å². The number of halogens is 2. The predicted octanol–water partition coefficient (Wildman–Crippen LogP) is 2.28. The molecule has 0 bridgehead atoms. The Morgan fingerprint density at radius 1 is 1.38 bits per heavy atom. The third kappa shape index (κ3) is 2.41. The van der Waals surface area contributed by atoms with Gasteiger partial charge in [-0.2, -0.15) is 11.8 Å². The Kier molecular flexibility index (Phi) is 3.56. The third-order valence-corrected chi connectivity index (χ3v) is 3.31. The molecular formula is C11H10F2O2S. The highest BCUT2D eigenvalue weighted by Crippen LogP contribution is 2.18. The van der Waals surface area contributed by atoms with Gasteiger partial charge >= 0.3 is 0 Å². The summed E-state index contributed by atoms with van der Waals surface area (Å²) in [6.45, 7) is 0.519. The van der Waals surface area contributed by atoms with Gasteiger partial charge in [0.05, 0.1) is 6.61 Å². The molecule has 1 heterocycles. The molecule has 0 radical (unpaired) electrons. The van der Waals surface area contributed by atoms with Crippen molar-refractivity contribution in [2.45, 2.75) is 6.10 Å². The van der Waals surface area contributed by atoms with E-state index in [-0.39, 0.29) is 11.3 Å². The highest BCUT2D eigenvalue weighted by molar-refractivity contribution is 7.99. The van der Waals surface area contributed by atoms with Crippen LogP contribution >= 0.6 is 11.8 Å². The largest absolute Gasteiger partial charge is 0.368 e. The molecule has 1 fully saturated rings. The van der Waals surface area contributed by atoms with E-state index < -0.39 is 17.7 Å². The lowest BCUT2D eigenvalue weighted by Gasteiger charge is -2.20.